The predicted molar refractivity (Wildman–Crippen MR) is 134 cm³/mol. The highest BCUT2D eigenvalue weighted by molar-refractivity contribution is 7.09. The highest BCUT2D eigenvalue weighted by Gasteiger charge is 2.36. The summed E-state index contributed by atoms with van der Waals surface area (Å²) in [7, 11) is 0. The number of aromatic nitrogens is 2. The van der Waals surface area contributed by atoms with E-state index in [1.807, 2.05) is 0 Å². The van der Waals surface area contributed by atoms with E-state index >= 15 is 0 Å². The van der Waals surface area contributed by atoms with Gasteiger partial charge in [0.05, 0.1) is 5.69 Å². The number of nitrogens with zero attached hydrogens (tertiary/aromatic N) is 3. The molecule has 1 aliphatic rings. The molecule has 0 radical (unpaired) electrons. The Balaban J connectivity index is 1.79. The molecule has 11 heteroatoms. The van der Waals surface area contributed by atoms with Crippen molar-refractivity contribution < 1.29 is 14.4 Å². The number of halogens is 1. The molecule has 0 spiro atoms. The lowest BCUT2D eigenvalue weighted by atomic mass is 10.0. The molecule has 1 atom stereocenters. The normalized spacial score (nSPS) is 14.4. The van der Waals surface area contributed by atoms with Crippen molar-refractivity contribution in [3.8, 4) is 0 Å². The number of anilines is 1. The molecule has 0 saturated heterocycles. The molecule has 9 nitrogen and oxygen atoms in total. The summed E-state index contributed by atoms with van der Waals surface area (Å²) in [5.41, 5.74) is 12.4. The van der Waals surface area contributed by atoms with Crippen molar-refractivity contribution >= 4 is 46.5 Å². The Morgan fingerprint density at radius 1 is 1.14 bits per heavy atom. The molecular weight excluding hydrogens is 488 g/mol. The van der Waals surface area contributed by atoms with Crippen molar-refractivity contribution in [2.45, 2.75) is 44.3 Å². The van der Waals surface area contributed by atoms with E-state index in [0.717, 1.165) is 37.2 Å². The quantitative estimate of drug-likeness (QED) is 0.422. The van der Waals surface area contributed by atoms with Crippen LogP contribution in [-0.4, -0.2) is 38.0 Å². The average Bonchev–Trinajstić information content (AvgIpc) is 3.49. The number of amides is 3. The lowest BCUT2D eigenvalue weighted by Gasteiger charge is -2.32. The number of nitrogen functional groups attached to an aromatic ring is 1. The molecule has 2 heterocycles. The van der Waals surface area contributed by atoms with E-state index in [1.165, 1.54) is 4.90 Å². The highest BCUT2D eigenvalue weighted by atomic mass is 35.5. The van der Waals surface area contributed by atoms with Crippen molar-refractivity contribution in [1.29, 1.82) is 0 Å². The van der Waals surface area contributed by atoms with Crippen LogP contribution in [0.5, 0.6) is 0 Å². The Kier molecular flexibility index (Phi) is 7.62. The monoisotopic (exact) mass is 512 g/mol. The number of nitrogens with two attached hydrogens (primary N) is 2. The first-order valence-electron chi connectivity index (χ1n) is 11.2. The van der Waals surface area contributed by atoms with Crippen LogP contribution in [0, 0.1) is 0 Å². The smallest absolute Gasteiger partial charge is 0.270 e. The molecule has 1 aromatic carbocycles. The number of benzene rings is 1. The van der Waals surface area contributed by atoms with Gasteiger partial charge in [-0.25, -0.2) is 0 Å². The second-order valence-electron chi connectivity index (χ2n) is 8.34. The number of pyridine rings is 1. The standard InChI is InChI=1S/C24H25ClN6O3S/c25-17-8-4-1-5-15(17)13-31(24(34)21-18(26)19(22(27)32)30-35-21)20(14-9-11-28-12-10-14)23(33)29-16-6-2-3-7-16/h1,4-5,8-12,16,20H,2-3,6-7,13,26H2,(H2,27,32)(H,29,33). The van der Waals surface area contributed by atoms with E-state index in [9.17, 15) is 14.4 Å². The third-order valence-corrected chi connectivity index (χ3v) is 7.22. The summed E-state index contributed by atoms with van der Waals surface area (Å²) in [4.78, 5) is 44.7. The summed E-state index contributed by atoms with van der Waals surface area (Å²) in [6, 6.07) is 9.51. The summed E-state index contributed by atoms with van der Waals surface area (Å²) in [5.74, 6) is -1.71. The molecule has 4 rings (SSSR count). The number of rotatable bonds is 8. The van der Waals surface area contributed by atoms with E-state index in [4.69, 9.17) is 23.1 Å². The lowest BCUT2D eigenvalue weighted by Crippen LogP contribution is -2.46. The topological polar surface area (TPSA) is 144 Å². The minimum atomic E-state index is -0.999. The summed E-state index contributed by atoms with van der Waals surface area (Å²) in [5, 5.41) is 3.55. The number of carbonyl (C=O) groups is 3. The van der Waals surface area contributed by atoms with Gasteiger partial charge in [0.2, 0.25) is 5.91 Å². The predicted octanol–water partition coefficient (Wildman–Crippen LogP) is 3.32. The first-order chi connectivity index (χ1) is 16.9. The molecule has 1 unspecified atom stereocenters. The van der Waals surface area contributed by atoms with Gasteiger partial charge < -0.3 is 21.7 Å². The maximum absolute atomic E-state index is 13.9. The minimum Gasteiger partial charge on any atom is -0.395 e. The number of nitrogens with one attached hydrogen (secondary N) is 1. The minimum absolute atomic E-state index is 0.0207. The van der Waals surface area contributed by atoms with E-state index in [-0.39, 0.29) is 34.8 Å². The maximum atomic E-state index is 13.9. The first kappa shape index (κ1) is 24.6. The summed E-state index contributed by atoms with van der Waals surface area (Å²) >= 11 is 7.19. The highest BCUT2D eigenvalue weighted by Crippen LogP contribution is 2.32. The van der Waals surface area contributed by atoms with Gasteiger partial charge in [0.25, 0.3) is 11.8 Å². The van der Waals surface area contributed by atoms with E-state index < -0.39 is 17.9 Å². The van der Waals surface area contributed by atoms with Gasteiger partial charge in [-0.2, -0.15) is 4.37 Å². The molecule has 5 N–H and O–H groups in total. The Labute approximate surface area is 211 Å². The van der Waals surface area contributed by atoms with Crippen molar-refractivity contribution in [3.05, 3.63) is 75.5 Å². The largest absolute Gasteiger partial charge is 0.395 e. The van der Waals surface area contributed by atoms with Crippen molar-refractivity contribution in [1.82, 2.24) is 19.6 Å². The van der Waals surface area contributed by atoms with Gasteiger partial charge in [-0.05, 0) is 53.7 Å². The Bertz CT molecular complexity index is 1230. The summed E-state index contributed by atoms with van der Waals surface area (Å²) in [6.45, 7) is 0.0207. The molecule has 1 aliphatic carbocycles. The van der Waals surface area contributed by atoms with Crippen LogP contribution in [0.25, 0.3) is 0 Å². The van der Waals surface area contributed by atoms with Crippen molar-refractivity contribution in [2.75, 3.05) is 5.73 Å². The second-order valence-corrected chi connectivity index (χ2v) is 9.52. The van der Waals surface area contributed by atoms with Gasteiger partial charge in [-0.1, -0.05) is 42.6 Å². The van der Waals surface area contributed by atoms with Gasteiger partial charge in [0, 0.05) is 30.0 Å². The van der Waals surface area contributed by atoms with E-state index in [0.29, 0.717) is 16.1 Å². The van der Waals surface area contributed by atoms with Crippen LogP contribution in [0.1, 0.15) is 63.0 Å². The lowest BCUT2D eigenvalue weighted by molar-refractivity contribution is -0.126. The van der Waals surface area contributed by atoms with Crippen LogP contribution in [0.15, 0.2) is 48.8 Å². The molecular formula is C24H25ClN6O3S. The van der Waals surface area contributed by atoms with E-state index in [2.05, 4.69) is 14.7 Å². The maximum Gasteiger partial charge on any atom is 0.270 e. The van der Waals surface area contributed by atoms with Crippen molar-refractivity contribution in [3.63, 3.8) is 0 Å². The van der Waals surface area contributed by atoms with Gasteiger partial charge in [-0.15, -0.1) is 0 Å². The van der Waals surface area contributed by atoms with Crippen LogP contribution in [0.2, 0.25) is 5.02 Å². The molecule has 2 aromatic heterocycles. The van der Waals surface area contributed by atoms with Gasteiger partial charge in [0.15, 0.2) is 5.69 Å². The number of primary amides is 1. The number of hydrogen-bond acceptors (Lipinski definition) is 7. The zero-order valence-corrected chi connectivity index (χ0v) is 20.4. The van der Waals surface area contributed by atoms with E-state index in [1.54, 1.807) is 48.8 Å². The fourth-order valence-corrected chi connectivity index (χ4v) is 5.18. The van der Waals surface area contributed by atoms with Crippen LogP contribution in [-0.2, 0) is 11.3 Å². The number of hydrogen-bond donors (Lipinski definition) is 3. The second kappa shape index (κ2) is 10.8. The fourth-order valence-electron chi connectivity index (χ4n) is 4.22. The Hall–Kier alpha value is -3.50. The van der Waals surface area contributed by atoms with Crippen LogP contribution >= 0.6 is 23.1 Å². The first-order valence-corrected chi connectivity index (χ1v) is 12.3. The molecule has 35 heavy (non-hydrogen) atoms. The molecule has 0 bridgehead atoms. The van der Waals surface area contributed by atoms with Crippen LogP contribution in [0.3, 0.4) is 0 Å². The van der Waals surface area contributed by atoms with Crippen LogP contribution in [0.4, 0.5) is 5.69 Å². The molecule has 3 aromatic rings. The number of carbonyl (C=O) groups excluding carboxylic acids is 3. The Morgan fingerprint density at radius 3 is 2.46 bits per heavy atom. The summed E-state index contributed by atoms with van der Waals surface area (Å²) < 4.78 is 3.96. The molecule has 0 aliphatic heterocycles. The summed E-state index contributed by atoms with van der Waals surface area (Å²) in [6.07, 6.45) is 6.99. The zero-order chi connectivity index (χ0) is 24.9. The fraction of sp³-hybridized carbons (Fsp3) is 0.292. The van der Waals surface area contributed by atoms with Crippen molar-refractivity contribution in [2.24, 2.45) is 5.73 Å². The van der Waals surface area contributed by atoms with Gasteiger partial charge in [-0.3, -0.25) is 19.4 Å². The van der Waals surface area contributed by atoms with Gasteiger partial charge in [0.1, 0.15) is 10.9 Å². The zero-order valence-electron chi connectivity index (χ0n) is 18.8. The molecule has 1 fully saturated rings. The third-order valence-electron chi connectivity index (χ3n) is 6.00. The molecule has 3 amide bonds. The van der Waals surface area contributed by atoms with Gasteiger partial charge >= 0.3 is 0 Å². The molecule has 1 saturated carbocycles. The molecule has 182 valence electrons. The Morgan fingerprint density at radius 2 is 1.83 bits per heavy atom. The van der Waals surface area contributed by atoms with Crippen LogP contribution < -0.4 is 16.8 Å². The average molecular weight is 513 g/mol. The third kappa shape index (κ3) is 5.44. The SMILES string of the molecule is NC(=O)c1nsc(C(=O)N(Cc2ccccc2Cl)C(C(=O)NC2CCCC2)c2ccncc2)c1N.